The maximum Gasteiger partial charge on any atom is 0.227 e. The first-order valence-electron chi connectivity index (χ1n) is 8.87. The van der Waals surface area contributed by atoms with Crippen molar-refractivity contribution in [1.29, 1.82) is 0 Å². The number of aromatic nitrogens is 1. The second-order valence-electron chi connectivity index (χ2n) is 6.58. The van der Waals surface area contributed by atoms with Crippen molar-refractivity contribution in [3.63, 3.8) is 0 Å². The zero-order valence-corrected chi connectivity index (χ0v) is 15.0. The Morgan fingerprint density at radius 3 is 2.87 bits per heavy atom. The van der Waals surface area contributed by atoms with Crippen LogP contribution in [0.25, 0.3) is 0 Å². The van der Waals surface area contributed by atoms with E-state index in [2.05, 4.69) is 29.4 Å². The number of carbonyl (C=O) groups is 1. The number of aryl methyl sites for hydroxylation is 1. The highest BCUT2D eigenvalue weighted by atomic mass is 32.1. The lowest BCUT2D eigenvalue weighted by Crippen LogP contribution is -2.41. The zero-order chi connectivity index (χ0) is 16.2. The quantitative estimate of drug-likeness (QED) is 0.862. The third-order valence-corrected chi connectivity index (χ3v) is 6.06. The predicted octanol–water partition coefficient (Wildman–Crippen LogP) is 1.88. The van der Waals surface area contributed by atoms with Crippen molar-refractivity contribution < 1.29 is 4.79 Å². The normalized spacial score (nSPS) is 25.0. The van der Waals surface area contributed by atoms with Gasteiger partial charge in [-0.2, -0.15) is 0 Å². The van der Waals surface area contributed by atoms with Crippen molar-refractivity contribution in [2.24, 2.45) is 5.92 Å². The summed E-state index contributed by atoms with van der Waals surface area (Å²) in [4.78, 5) is 21.1. The summed E-state index contributed by atoms with van der Waals surface area (Å²) in [5.41, 5.74) is 1.14. The third kappa shape index (κ3) is 3.75. The van der Waals surface area contributed by atoms with Crippen LogP contribution in [0.15, 0.2) is 0 Å². The van der Waals surface area contributed by atoms with E-state index in [4.69, 9.17) is 4.98 Å². The highest BCUT2D eigenvalue weighted by Crippen LogP contribution is 2.36. The Morgan fingerprint density at radius 2 is 2.13 bits per heavy atom. The van der Waals surface area contributed by atoms with Gasteiger partial charge in [0, 0.05) is 43.5 Å². The molecule has 3 heterocycles. The summed E-state index contributed by atoms with van der Waals surface area (Å²) >= 11 is 1.77. The van der Waals surface area contributed by atoms with Crippen molar-refractivity contribution >= 4 is 17.2 Å². The second-order valence-corrected chi connectivity index (χ2v) is 7.82. The molecule has 0 saturated carbocycles. The first-order valence-corrected chi connectivity index (χ1v) is 9.68. The molecule has 1 unspecified atom stereocenters. The Labute approximate surface area is 142 Å². The zero-order valence-electron chi connectivity index (χ0n) is 14.2. The number of hydrogen-bond acceptors (Lipinski definition) is 5. The van der Waals surface area contributed by atoms with Gasteiger partial charge in [0.15, 0.2) is 0 Å². The van der Waals surface area contributed by atoms with Crippen molar-refractivity contribution in [3.8, 4) is 0 Å². The van der Waals surface area contributed by atoms with E-state index in [0.29, 0.717) is 5.91 Å². The van der Waals surface area contributed by atoms with E-state index in [-0.39, 0.29) is 11.8 Å². The van der Waals surface area contributed by atoms with Gasteiger partial charge in [0.25, 0.3) is 0 Å². The third-order valence-electron chi connectivity index (χ3n) is 4.91. The maximum absolute atomic E-state index is 13.0. The number of rotatable bonds is 5. The Balaban J connectivity index is 1.77. The molecule has 5 nitrogen and oxygen atoms in total. The molecule has 0 bridgehead atoms. The molecular formula is C17H28N4OS. The van der Waals surface area contributed by atoms with Gasteiger partial charge >= 0.3 is 0 Å². The van der Waals surface area contributed by atoms with E-state index in [9.17, 15) is 4.79 Å². The van der Waals surface area contributed by atoms with Crippen molar-refractivity contribution in [2.45, 2.75) is 45.6 Å². The molecule has 2 aliphatic heterocycles. The summed E-state index contributed by atoms with van der Waals surface area (Å²) in [5.74, 6) is 0.706. The molecule has 2 atom stereocenters. The van der Waals surface area contributed by atoms with Gasteiger partial charge in [0.2, 0.25) is 5.91 Å². The molecular weight excluding hydrogens is 308 g/mol. The molecule has 6 heteroatoms. The number of nitrogens with zero attached hydrogens (tertiary/aromatic N) is 2. The summed E-state index contributed by atoms with van der Waals surface area (Å²) in [6.45, 7) is 9.49. The minimum absolute atomic E-state index is 0.0772. The number of nitrogens with one attached hydrogen (secondary N) is 2. The predicted molar refractivity (Wildman–Crippen MR) is 93.8 cm³/mol. The van der Waals surface area contributed by atoms with Crippen LogP contribution in [-0.2, 0) is 11.3 Å². The average Bonchev–Trinajstić information content (AvgIpc) is 3.19. The minimum Gasteiger partial charge on any atom is -0.342 e. The molecule has 1 aromatic heterocycles. The second kappa shape index (κ2) is 7.73. The monoisotopic (exact) mass is 336 g/mol. The van der Waals surface area contributed by atoms with Gasteiger partial charge in [-0.15, -0.1) is 11.3 Å². The van der Waals surface area contributed by atoms with Crippen molar-refractivity contribution in [3.05, 3.63) is 15.6 Å². The van der Waals surface area contributed by atoms with Gasteiger partial charge in [-0.05, 0) is 32.7 Å². The lowest BCUT2D eigenvalue weighted by atomic mass is 9.91. The van der Waals surface area contributed by atoms with E-state index in [0.717, 1.165) is 62.8 Å². The maximum atomic E-state index is 13.0. The lowest BCUT2D eigenvalue weighted by Gasteiger charge is -2.30. The molecule has 2 aliphatic rings. The minimum atomic E-state index is 0.0772. The van der Waals surface area contributed by atoms with Crippen LogP contribution in [0.1, 0.15) is 47.7 Å². The molecule has 2 saturated heterocycles. The van der Waals surface area contributed by atoms with E-state index < -0.39 is 0 Å². The fraction of sp³-hybridized carbons (Fsp3) is 0.765. The number of amides is 1. The molecule has 1 aromatic rings. The van der Waals surface area contributed by atoms with Gasteiger partial charge < -0.3 is 15.5 Å². The highest BCUT2D eigenvalue weighted by Gasteiger charge is 2.38. The first-order chi connectivity index (χ1) is 11.2. The number of piperidine rings is 1. The highest BCUT2D eigenvalue weighted by molar-refractivity contribution is 7.11. The Bertz CT molecular complexity index is 539. The van der Waals surface area contributed by atoms with E-state index in [1.54, 1.807) is 11.3 Å². The molecule has 0 aliphatic carbocycles. The fourth-order valence-electron chi connectivity index (χ4n) is 3.71. The molecule has 1 amide bonds. The van der Waals surface area contributed by atoms with Crippen LogP contribution in [0.2, 0.25) is 0 Å². The molecule has 128 valence electrons. The largest absolute Gasteiger partial charge is 0.342 e. The lowest BCUT2D eigenvalue weighted by molar-refractivity contribution is -0.136. The summed E-state index contributed by atoms with van der Waals surface area (Å²) in [7, 11) is 0. The van der Waals surface area contributed by atoms with Crippen LogP contribution >= 0.6 is 11.3 Å². The molecule has 2 fully saturated rings. The molecule has 23 heavy (non-hydrogen) atoms. The Hall–Kier alpha value is -0.980. The number of hydrogen-bond donors (Lipinski definition) is 2. The number of likely N-dealkylation sites (tertiary alicyclic amines) is 1. The summed E-state index contributed by atoms with van der Waals surface area (Å²) in [5, 5.41) is 7.92. The van der Waals surface area contributed by atoms with E-state index in [1.807, 2.05) is 0 Å². The number of carbonyl (C=O) groups excluding carboxylic acids is 1. The van der Waals surface area contributed by atoms with Gasteiger partial charge in [0.1, 0.15) is 0 Å². The molecule has 0 spiro atoms. The van der Waals surface area contributed by atoms with Crippen LogP contribution in [0.3, 0.4) is 0 Å². The Morgan fingerprint density at radius 1 is 1.35 bits per heavy atom. The molecule has 0 radical (unpaired) electrons. The molecule has 3 rings (SSSR count). The van der Waals surface area contributed by atoms with E-state index in [1.165, 1.54) is 11.3 Å². The molecule has 2 N–H and O–H groups in total. The summed E-state index contributed by atoms with van der Waals surface area (Å²) < 4.78 is 0. The fourth-order valence-corrected chi connectivity index (χ4v) is 4.82. The van der Waals surface area contributed by atoms with Crippen LogP contribution in [0.4, 0.5) is 0 Å². The summed E-state index contributed by atoms with van der Waals surface area (Å²) in [6.07, 6.45) is 3.57. The van der Waals surface area contributed by atoms with Crippen LogP contribution < -0.4 is 10.6 Å². The topological polar surface area (TPSA) is 57.3 Å². The van der Waals surface area contributed by atoms with E-state index >= 15 is 0 Å². The first kappa shape index (κ1) is 16.9. The van der Waals surface area contributed by atoms with Gasteiger partial charge in [-0.25, -0.2) is 4.98 Å². The SMILES string of the molecule is CCNCc1nc(C)sc1[C@@H]1CNCC1C(=O)N1CCCCC1. The Kier molecular flexibility index (Phi) is 5.67. The van der Waals surface area contributed by atoms with Crippen LogP contribution in [-0.4, -0.2) is 48.5 Å². The van der Waals surface area contributed by atoms with Crippen molar-refractivity contribution in [2.75, 3.05) is 32.7 Å². The smallest absolute Gasteiger partial charge is 0.227 e. The summed E-state index contributed by atoms with van der Waals surface area (Å²) in [6, 6.07) is 0. The standard InChI is InChI=1S/C17H28N4OS/c1-3-18-11-15-16(23-12(2)20-15)13-9-19-10-14(13)17(22)21-7-5-4-6-8-21/h13-14,18-19H,3-11H2,1-2H3/t13-,14?/m1/s1. The van der Waals surface area contributed by atoms with Crippen LogP contribution in [0.5, 0.6) is 0 Å². The van der Waals surface area contributed by atoms with Gasteiger partial charge in [-0.1, -0.05) is 6.92 Å². The van der Waals surface area contributed by atoms with Crippen LogP contribution in [0, 0.1) is 12.8 Å². The van der Waals surface area contributed by atoms with Gasteiger partial charge in [0.05, 0.1) is 16.6 Å². The van der Waals surface area contributed by atoms with Gasteiger partial charge in [-0.3, -0.25) is 4.79 Å². The van der Waals surface area contributed by atoms with Crippen molar-refractivity contribution in [1.82, 2.24) is 20.5 Å². The molecule has 0 aromatic carbocycles. The number of thiazole rings is 1. The average molecular weight is 337 g/mol.